The fourth-order valence-corrected chi connectivity index (χ4v) is 5.94. The molecule has 4 heterocycles. The molecule has 0 aromatic carbocycles. The SMILES string of the molecule is CC(C)c1noc(C2CCN(S(=O)(=O)c3ccc(-c4ccno4)s3)CC2)n1. The second-order valence-electron chi connectivity index (χ2n) is 6.82. The van der Waals surface area contributed by atoms with Gasteiger partial charge in [0.2, 0.25) is 5.89 Å². The molecule has 0 aliphatic carbocycles. The number of aromatic nitrogens is 3. The van der Waals surface area contributed by atoms with Crippen molar-refractivity contribution in [1.29, 1.82) is 0 Å². The number of hydrogen-bond donors (Lipinski definition) is 0. The summed E-state index contributed by atoms with van der Waals surface area (Å²) >= 11 is 1.19. The fourth-order valence-electron chi connectivity index (χ4n) is 3.05. The van der Waals surface area contributed by atoms with E-state index < -0.39 is 10.0 Å². The van der Waals surface area contributed by atoms with E-state index in [1.807, 2.05) is 13.8 Å². The van der Waals surface area contributed by atoms with Crippen LogP contribution in [0.2, 0.25) is 0 Å². The average molecular weight is 409 g/mol. The number of nitrogens with zero attached hydrogens (tertiary/aromatic N) is 4. The summed E-state index contributed by atoms with van der Waals surface area (Å²) in [6.45, 7) is 4.89. The highest BCUT2D eigenvalue weighted by atomic mass is 32.2. The Morgan fingerprint density at radius 1 is 1.19 bits per heavy atom. The van der Waals surface area contributed by atoms with Crippen molar-refractivity contribution in [2.24, 2.45) is 0 Å². The van der Waals surface area contributed by atoms with E-state index in [0.29, 0.717) is 47.6 Å². The third kappa shape index (κ3) is 3.56. The number of sulfonamides is 1. The molecule has 1 saturated heterocycles. The van der Waals surface area contributed by atoms with Gasteiger partial charge in [0, 0.05) is 31.0 Å². The maximum Gasteiger partial charge on any atom is 0.252 e. The summed E-state index contributed by atoms with van der Waals surface area (Å²) in [6.07, 6.45) is 2.87. The molecule has 0 spiro atoms. The third-order valence-electron chi connectivity index (χ3n) is 4.63. The van der Waals surface area contributed by atoms with Crippen LogP contribution in [0.25, 0.3) is 10.6 Å². The molecule has 144 valence electrons. The average Bonchev–Trinajstić information content (AvgIpc) is 3.42. The van der Waals surface area contributed by atoms with Crippen molar-refractivity contribution in [3.63, 3.8) is 0 Å². The lowest BCUT2D eigenvalue weighted by atomic mass is 9.98. The quantitative estimate of drug-likeness (QED) is 0.637. The van der Waals surface area contributed by atoms with E-state index in [-0.39, 0.29) is 11.8 Å². The van der Waals surface area contributed by atoms with Gasteiger partial charge in [-0.05, 0) is 25.0 Å². The predicted octanol–water partition coefficient (Wildman–Crippen LogP) is 3.48. The van der Waals surface area contributed by atoms with Gasteiger partial charge in [0.25, 0.3) is 10.0 Å². The molecule has 0 unspecified atom stereocenters. The van der Waals surface area contributed by atoms with Crippen LogP contribution in [-0.2, 0) is 10.0 Å². The summed E-state index contributed by atoms with van der Waals surface area (Å²) in [5, 5.41) is 7.66. The molecule has 1 aliphatic rings. The molecule has 1 aliphatic heterocycles. The van der Waals surface area contributed by atoms with Gasteiger partial charge in [-0.1, -0.05) is 24.2 Å². The first-order valence-electron chi connectivity index (χ1n) is 8.79. The molecular weight excluding hydrogens is 388 g/mol. The summed E-state index contributed by atoms with van der Waals surface area (Å²) in [5.41, 5.74) is 0. The molecule has 0 amide bonds. The molecule has 3 aromatic rings. The van der Waals surface area contributed by atoms with E-state index in [1.165, 1.54) is 21.8 Å². The minimum absolute atomic E-state index is 0.101. The first kappa shape index (κ1) is 18.3. The molecule has 10 heteroatoms. The minimum Gasteiger partial charge on any atom is -0.355 e. The van der Waals surface area contributed by atoms with Crippen LogP contribution in [0.15, 0.2) is 37.7 Å². The zero-order valence-corrected chi connectivity index (χ0v) is 16.7. The molecule has 1 fully saturated rings. The molecule has 0 saturated carbocycles. The molecule has 0 radical (unpaired) electrons. The number of rotatable bonds is 5. The lowest BCUT2D eigenvalue weighted by molar-refractivity contribution is 0.270. The van der Waals surface area contributed by atoms with Crippen molar-refractivity contribution in [3.05, 3.63) is 36.1 Å². The Morgan fingerprint density at radius 2 is 1.96 bits per heavy atom. The van der Waals surface area contributed by atoms with Gasteiger partial charge >= 0.3 is 0 Å². The third-order valence-corrected chi connectivity index (χ3v) is 8.10. The van der Waals surface area contributed by atoms with Gasteiger partial charge in [0.05, 0.1) is 11.1 Å². The van der Waals surface area contributed by atoms with Gasteiger partial charge in [-0.15, -0.1) is 11.3 Å². The lowest BCUT2D eigenvalue weighted by Crippen LogP contribution is -2.37. The van der Waals surface area contributed by atoms with Crippen LogP contribution in [0.3, 0.4) is 0 Å². The molecule has 0 bridgehead atoms. The molecule has 0 N–H and O–H groups in total. The van der Waals surface area contributed by atoms with Crippen molar-refractivity contribution in [1.82, 2.24) is 19.6 Å². The molecule has 3 aromatic heterocycles. The van der Waals surface area contributed by atoms with Gasteiger partial charge in [-0.25, -0.2) is 8.42 Å². The van der Waals surface area contributed by atoms with E-state index in [4.69, 9.17) is 9.05 Å². The van der Waals surface area contributed by atoms with E-state index in [1.54, 1.807) is 18.2 Å². The van der Waals surface area contributed by atoms with Crippen LogP contribution < -0.4 is 0 Å². The largest absolute Gasteiger partial charge is 0.355 e. The monoisotopic (exact) mass is 408 g/mol. The van der Waals surface area contributed by atoms with E-state index in [9.17, 15) is 8.42 Å². The summed E-state index contributed by atoms with van der Waals surface area (Å²) in [7, 11) is -3.52. The fraction of sp³-hybridized carbons (Fsp3) is 0.471. The maximum atomic E-state index is 12.9. The van der Waals surface area contributed by atoms with Gasteiger partial charge < -0.3 is 9.05 Å². The zero-order valence-electron chi connectivity index (χ0n) is 15.0. The standard InChI is InChI=1S/C17H20N4O4S2/c1-11(2)16-19-17(25-20-16)12-6-9-21(10-7-12)27(22,23)15-4-3-14(26-15)13-5-8-18-24-13/h3-5,8,11-12H,6-7,9-10H2,1-2H3. The minimum atomic E-state index is -3.52. The smallest absolute Gasteiger partial charge is 0.252 e. The summed E-state index contributed by atoms with van der Waals surface area (Å²) in [4.78, 5) is 5.19. The van der Waals surface area contributed by atoms with E-state index >= 15 is 0 Å². The lowest BCUT2D eigenvalue weighted by Gasteiger charge is -2.29. The van der Waals surface area contributed by atoms with Crippen molar-refractivity contribution in [2.75, 3.05) is 13.1 Å². The molecule has 27 heavy (non-hydrogen) atoms. The second-order valence-corrected chi connectivity index (χ2v) is 10.1. The first-order valence-corrected chi connectivity index (χ1v) is 11.1. The van der Waals surface area contributed by atoms with Gasteiger partial charge in [0.1, 0.15) is 4.21 Å². The Bertz CT molecular complexity index is 1000. The normalized spacial score (nSPS) is 17.0. The Morgan fingerprint density at radius 3 is 2.59 bits per heavy atom. The summed E-state index contributed by atoms with van der Waals surface area (Å²) in [6, 6.07) is 5.08. The number of thiophene rings is 1. The molecule has 0 atom stereocenters. The van der Waals surface area contributed by atoms with E-state index in [2.05, 4.69) is 15.3 Å². The molecule has 4 rings (SSSR count). The molecule has 8 nitrogen and oxygen atoms in total. The first-order chi connectivity index (χ1) is 12.9. The number of piperidine rings is 1. The van der Waals surface area contributed by atoms with E-state index in [0.717, 1.165) is 4.88 Å². The Balaban J connectivity index is 1.45. The highest BCUT2D eigenvalue weighted by Crippen LogP contribution is 2.35. The topological polar surface area (TPSA) is 102 Å². The van der Waals surface area contributed by atoms with Gasteiger partial charge in [-0.3, -0.25) is 0 Å². The van der Waals surface area contributed by atoms with Crippen LogP contribution in [-0.4, -0.2) is 41.1 Å². The van der Waals surface area contributed by atoms with Crippen molar-refractivity contribution in [3.8, 4) is 10.6 Å². The Kier molecular flexibility index (Phi) is 4.87. The van der Waals surface area contributed by atoms with Crippen LogP contribution in [0.5, 0.6) is 0 Å². The molecular formula is C17H20N4O4S2. The Hall–Kier alpha value is -2.04. The zero-order chi connectivity index (χ0) is 19.0. The summed E-state index contributed by atoms with van der Waals surface area (Å²) < 4.78 is 38.2. The maximum absolute atomic E-state index is 12.9. The van der Waals surface area contributed by atoms with Crippen molar-refractivity contribution >= 4 is 21.4 Å². The Labute approximate surface area is 161 Å². The second kappa shape index (κ2) is 7.17. The van der Waals surface area contributed by atoms with Crippen LogP contribution >= 0.6 is 11.3 Å². The van der Waals surface area contributed by atoms with Crippen LogP contribution in [0.4, 0.5) is 0 Å². The predicted molar refractivity (Wildman–Crippen MR) is 98.9 cm³/mol. The van der Waals surface area contributed by atoms with Gasteiger partial charge in [-0.2, -0.15) is 9.29 Å². The van der Waals surface area contributed by atoms with Crippen molar-refractivity contribution in [2.45, 2.75) is 42.7 Å². The highest BCUT2D eigenvalue weighted by molar-refractivity contribution is 7.91. The summed E-state index contributed by atoms with van der Waals surface area (Å²) in [5.74, 6) is 2.18. The van der Waals surface area contributed by atoms with Crippen molar-refractivity contribution < 1.29 is 17.5 Å². The number of hydrogen-bond acceptors (Lipinski definition) is 8. The van der Waals surface area contributed by atoms with Crippen LogP contribution in [0.1, 0.15) is 50.2 Å². The van der Waals surface area contributed by atoms with Gasteiger partial charge in [0.15, 0.2) is 11.6 Å². The highest BCUT2D eigenvalue weighted by Gasteiger charge is 2.33. The van der Waals surface area contributed by atoms with Crippen LogP contribution in [0, 0.1) is 0 Å².